The van der Waals surface area contributed by atoms with E-state index in [2.05, 4.69) is 4.98 Å². The number of benzene rings is 3. The van der Waals surface area contributed by atoms with E-state index in [1.165, 1.54) is 29.2 Å². The summed E-state index contributed by atoms with van der Waals surface area (Å²) >= 11 is 0. The number of aliphatic hydroxyl groups is 1. The van der Waals surface area contributed by atoms with Crippen molar-refractivity contribution in [3.8, 4) is 5.75 Å². The molecule has 1 unspecified atom stereocenters. The van der Waals surface area contributed by atoms with Crippen LogP contribution in [-0.2, 0) is 22.7 Å². The molecule has 9 nitrogen and oxygen atoms in total. The normalized spacial score (nSPS) is 16.2. The molecular weight excluding hydrogens is 510 g/mol. The molecule has 1 aliphatic heterocycles. The lowest BCUT2D eigenvalue weighted by Crippen LogP contribution is -2.29. The third kappa shape index (κ3) is 5.30. The van der Waals surface area contributed by atoms with Gasteiger partial charge in [-0.15, -0.1) is 0 Å². The Morgan fingerprint density at radius 3 is 2.38 bits per heavy atom. The molecule has 1 saturated heterocycles. The highest BCUT2D eigenvalue weighted by molar-refractivity contribution is 6.46. The van der Waals surface area contributed by atoms with Crippen LogP contribution in [0.5, 0.6) is 5.75 Å². The fraction of sp³-hybridized carbons (Fsp3) is 0.129. The highest BCUT2D eigenvalue weighted by Gasteiger charge is 2.46. The minimum atomic E-state index is -0.960. The first-order valence-electron chi connectivity index (χ1n) is 12.5. The van der Waals surface area contributed by atoms with Crippen molar-refractivity contribution < 1.29 is 24.4 Å². The minimum absolute atomic E-state index is 0.0581. The Morgan fingerprint density at radius 1 is 1.00 bits per heavy atom. The Morgan fingerprint density at radius 2 is 1.73 bits per heavy atom. The number of Topliss-reactive ketones (excluding diaryl/α,β-unsaturated/α-hetero) is 1. The molecule has 0 radical (unpaired) electrons. The van der Waals surface area contributed by atoms with Gasteiger partial charge >= 0.3 is 0 Å². The molecule has 0 aliphatic carbocycles. The van der Waals surface area contributed by atoms with Crippen LogP contribution in [0.4, 0.5) is 5.69 Å². The number of nitrogens with zero attached hydrogens (tertiary/aromatic N) is 3. The van der Waals surface area contributed by atoms with Crippen LogP contribution in [0.1, 0.15) is 33.9 Å². The first-order chi connectivity index (χ1) is 19.3. The lowest BCUT2D eigenvalue weighted by Gasteiger charge is -2.25. The highest BCUT2D eigenvalue weighted by Crippen LogP contribution is 2.40. The standard InChI is InChI=1S/C31H25N3O6/c1-20-5-2-3-7-24(20)19-40-26-14-10-23(11-15-26)29(35)27-28(22-8-12-25(13-9-22)34(38)39)33(31(37)30(27)36)18-21-6-4-16-32-17-21/h2-17,28,35H,18-19H2,1H3/b29-27+. The lowest BCUT2D eigenvalue weighted by atomic mass is 9.95. The van der Waals surface area contributed by atoms with Gasteiger partial charge in [0.2, 0.25) is 0 Å². The Hall–Kier alpha value is -5.31. The molecule has 5 rings (SSSR count). The smallest absolute Gasteiger partial charge is 0.295 e. The number of hydrogen-bond acceptors (Lipinski definition) is 7. The molecule has 200 valence electrons. The molecule has 1 N–H and O–H groups in total. The van der Waals surface area contributed by atoms with Gasteiger partial charge in [-0.25, -0.2) is 0 Å². The van der Waals surface area contributed by atoms with Crippen LogP contribution in [0.3, 0.4) is 0 Å². The van der Waals surface area contributed by atoms with E-state index in [1.807, 2.05) is 31.2 Å². The van der Waals surface area contributed by atoms with Crippen LogP contribution in [-0.4, -0.2) is 31.6 Å². The van der Waals surface area contributed by atoms with E-state index in [-0.39, 0.29) is 23.6 Å². The number of carbonyl (C=O) groups excluding carboxylic acids is 2. The van der Waals surface area contributed by atoms with Gasteiger partial charge in [0.15, 0.2) is 0 Å². The molecule has 2 heterocycles. The maximum atomic E-state index is 13.3. The van der Waals surface area contributed by atoms with Crippen molar-refractivity contribution in [3.63, 3.8) is 0 Å². The number of nitro groups is 1. The summed E-state index contributed by atoms with van der Waals surface area (Å²) in [5.74, 6) is -1.40. The number of carbonyl (C=O) groups is 2. The van der Waals surface area contributed by atoms with Crippen molar-refractivity contribution in [2.45, 2.75) is 26.1 Å². The largest absolute Gasteiger partial charge is 0.507 e. The molecule has 0 spiro atoms. The van der Waals surface area contributed by atoms with Crippen molar-refractivity contribution in [1.82, 2.24) is 9.88 Å². The average molecular weight is 536 g/mol. The number of aryl methyl sites for hydroxylation is 1. The van der Waals surface area contributed by atoms with Crippen LogP contribution < -0.4 is 4.74 Å². The highest BCUT2D eigenvalue weighted by atomic mass is 16.6. The zero-order chi connectivity index (χ0) is 28.2. The maximum Gasteiger partial charge on any atom is 0.295 e. The van der Waals surface area contributed by atoms with Gasteiger partial charge in [0, 0.05) is 36.6 Å². The number of ether oxygens (including phenoxy) is 1. The van der Waals surface area contributed by atoms with Gasteiger partial charge in [-0.1, -0.05) is 30.3 Å². The topological polar surface area (TPSA) is 123 Å². The summed E-state index contributed by atoms with van der Waals surface area (Å²) in [5, 5.41) is 22.5. The fourth-order valence-corrected chi connectivity index (χ4v) is 4.65. The molecule has 0 saturated carbocycles. The summed E-state index contributed by atoms with van der Waals surface area (Å²) in [4.78, 5) is 42.6. The SMILES string of the molecule is Cc1ccccc1COc1ccc(/C(O)=C2\C(=O)C(=O)N(Cc3cccnc3)C2c2ccc([N+](=O)[O-])cc2)cc1. The molecule has 4 aromatic rings. The molecule has 0 bridgehead atoms. The number of ketones is 1. The summed E-state index contributed by atoms with van der Waals surface area (Å²) in [6.07, 6.45) is 3.18. The Labute approximate surface area is 230 Å². The first-order valence-corrected chi connectivity index (χ1v) is 12.5. The predicted octanol–water partition coefficient (Wildman–Crippen LogP) is 5.50. The van der Waals surface area contributed by atoms with E-state index in [9.17, 15) is 24.8 Å². The predicted molar refractivity (Wildman–Crippen MR) is 147 cm³/mol. The van der Waals surface area contributed by atoms with Crippen LogP contribution in [0.2, 0.25) is 0 Å². The van der Waals surface area contributed by atoms with Gasteiger partial charge in [-0.3, -0.25) is 24.7 Å². The maximum absolute atomic E-state index is 13.3. The third-order valence-electron chi connectivity index (χ3n) is 6.82. The van der Waals surface area contributed by atoms with E-state index < -0.39 is 22.7 Å². The van der Waals surface area contributed by atoms with Crippen molar-refractivity contribution in [1.29, 1.82) is 0 Å². The number of amides is 1. The second-order valence-corrected chi connectivity index (χ2v) is 9.38. The van der Waals surface area contributed by atoms with E-state index in [1.54, 1.807) is 48.8 Å². The average Bonchev–Trinajstić information content (AvgIpc) is 3.22. The third-order valence-corrected chi connectivity index (χ3v) is 6.82. The number of rotatable bonds is 8. The summed E-state index contributed by atoms with van der Waals surface area (Å²) in [6, 6.07) is 22.6. The molecule has 1 aliphatic rings. The number of hydrogen-bond donors (Lipinski definition) is 1. The Bertz CT molecular complexity index is 1600. The molecular formula is C31H25N3O6. The molecule has 3 aromatic carbocycles. The summed E-state index contributed by atoms with van der Waals surface area (Å²) in [5.41, 5.74) is 3.39. The van der Waals surface area contributed by atoms with Crippen molar-refractivity contribution in [2.75, 3.05) is 0 Å². The second-order valence-electron chi connectivity index (χ2n) is 9.38. The van der Waals surface area contributed by atoms with Gasteiger partial charge in [0.25, 0.3) is 17.4 Å². The minimum Gasteiger partial charge on any atom is -0.507 e. The van der Waals surface area contributed by atoms with Gasteiger partial charge in [-0.05, 0) is 71.6 Å². The zero-order valence-electron chi connectivity index (χ0n) is 21.6. The summed E-state index contributed by atoms with van der Waals surface area (Å²) in [7, 11) is 0. The molecule has 1 fully saturated rings. The summed E-state index contributed by atoms with van der Waals surface area (Å²) in [6.45, 7) is 2.44. The molecule has 40 heavy (non-hydrogen) atoms. The quantitative estimate of drug-likeness (QED) is 0.104. The summed E-state index contributed by atoms with van der Waals surface area (Å²) < 4.78 is 5.89. The molecule has 1 amide bonds. The van der Waals surface area contributed by atoms with E-state index >= 15 is 0 Å². The number of aromatic nitrogens is 1. The number of nitro benzene ring substituents is 1. The van der Waals surface area contributed by atoms with Crippen LogP contribution >= 0.6 is 0 Å². The van der Waals surface area contributed by atoms with E-state index in [0.717, 1.165) is 11.1 Å². The van der Waals surface area contributed by atoms with E-state index in [4.69, 9.17) is 4.74 Å². The Kier molecular flexibility index (Phi) is 7.37. The van der Waals surface area contributed by atoms with Gasteiger partial charge in [-0.2, -0.15) is 0 Å². The monoisotopic (exact) mass is 535 g/mol. The van der Waals surface area contributed by atoms with Crippen molar-refractivity contribution in [3.05, 3.63) is 141 Å². The molecule has 1 atom stereocenters. The van der Waals surface area contributed by atoms with Crippen LogP contribution in [0, 0.1) is 17.0 Å². The number of aliphatic hydroxyl groups excluding tert-OH is 1. The molecule has 9 heteroatoms. The number of non-ortho nitro benzene ring substituents is 1. The van der Waals surface area contributed by atoms with Gasteiger partial charge in [0.1, 0.15) is 18.1 Å². The zero-order valence-corrected chi connectivity index (χ0v) is 21.6. The van der Waals surface area contributed by atoms with Crippen molar-refractivity contribution in [2.24, 2.45) is 0 Å². The number of likely N-dealkylation sites (tertiary alicyclic amines) is 1. The molecule has 1 aromatic heterocycles. The van der Waals surface area contributed by atoms with Gasteiger partial charge < -0.3 is 14.7 Å². The lowest BCUT2D eigenvalue weighted by molar-refractivity contribution is -0.384. The van der Waals surface area contributed by atoms with E-state index in [0.29, 0.717) is 29.0 Å². The van der Waals surface area contributed by atoms with Crippen molar-refractivity contribution >= 4 is 23.1 Å². The first kappa shape index (κ1) is 26.3. The van der Waals surface area contributed by atoms with Crippen LogP contribution in [0.25, 0.3) is 5.76 Å². The van der Waals surface area contributed by atoms with Gasteiger partial charge in [0.05, 0.1) is 16.5 Å². The second kappa shape index (κ2) is 11.2. The number of pyridine rings is 1. The van der Waals surface area contributed by atoms with Crippen LogP contribution in [0.15, 0.2) is 103 Å². The Balaban J connectivity index is 1.49. The fourth-order valence-electron chi connectivity index (χ4n) is 4.65.